The van der Waals surface area contributed by atoms with E-state index in [0.29, 0.717) is 0 Å². The lowest BCUT2D eigenvalue weighted by Crippen LogP contribution is -2.39. The third-order valence-electron chi connectivity index (χ3n) is 1.74. The third-order valence-corrected chi connectivity index (χ3v) is 2.83. The minimum absolute atomic E-state index is 0.176. The highest BCUT2D eigenvalue weighted by Crippen LogP contribution is 2.33. The van der Waals surface area contributed by atoms with E-state index in [-0.39, 0.29) is 4.88 Å². The monoisotopic (exact) mass is 221 g/mol. The number of hydrogen-bond acceptors (Lipinski definition) is 3. The molecule has 6 heteroatoms. The summed E-state index contributed by atoms with van der Waals surface area (Å²) in [6, 6.07) is 1.26. The maximum absolute atomic E-state index is 12.9. The van der Waals surface area contributed by atoms with E-state index in [9.17, 15) is 13.6 Å². The van der Waals surface area contributed by atoms with Crippen LogP contribution in [0.4, 0.5) is 8.78 Å². The van der Waals surface area contributed by atoms with Crippen molar-refractivity contribution in [2.75, 3.05) is 0 Å². The molecule has 0 unspecified atom stereocenters. The molecule has 14 heavy (non-hydrogen) atoms. The van der Waals surface area contributed by atoms with E-state index in [1.165, 1.54) is 6.07 Å². The second kappa shape index (κ2) is 3.62. The number of nitrogens with two attached hydrogens (primary N) is 1. The summed E-state index contributed by atoms with van der Waals surface area (Å²) >= 11 is 1.07. The van der Waals surface area contributed by atoms with Gasteiger partial charge in [-0.15, -0.1) is 11.3 Å². The quantitative estimate of drug-likeness (QED) is 0.817. The molecule has 3 N–H and O–H groups in total. The summed E-state index contributed by atoms with van der Waals surface area (Å²) in [5, 5.41) is 8.25. The summed E-state index contributed by atoms with van der Waals surface area (Å²) in [5.41, 5.74) is 5.17. The van der Waals surface area contributed by atoms with Crippen molar-refractivity contribution in [3.05, 3.63) is 21.9 Å². The number of thiophene rings is 1. The lowest BCUT2D eigenvalue weighted by molar-refractivity contribution is -0.168. The van der Waals surface area contributed by atoms with Crippen molar-refractivity contribution in [1.29, 1.82) is 0 Å². The van der Waals surface area contributed by atoms with Gasteiger partial charge < -0.3 is 10.8 Å². The Labute approximate surface area is 83.2 Å². The fraction of sp³-hybridized carbons (Fsp3) is 0.375. The van der Waals surface area contributed by atoms with Gasteiger partial charge in [-0.05, 0) is 19.1 Å². The molecule has 1 atom stereocenters. The van der Waals surface area contributed by atoms with E-state index in [1.807, 2.05) is 0 Å². The first-order chi connectivity index (χ1) is 6.35. The number of aryl methyl sites for hydroxylation is 1. The normalized spacial score (nSPS) is 14.0. The van der Waals surface area contributed by atoms with E-state index in [2.05, 4.69) is 0 Å². The van der Waals surface area contributed by atoms with Gasteiger partial charge in [-0.3, -0.25) is 0 Å². The molecule has 0 amide bonds. The molecule has 0 saturated heterocycles. The SMILES string of the molecule is Cc1ccc([C@H](N)C(F)(F)C(=O)O)s1. The van der Waals surface area contributed by atoms with Crippen LogP contribution >= 0.6 is 11.3 Å². The number of halogens is 2. The largest absolute Gasteiger partial charge is 0.477 e. The van der Waals surface area contributed by atoms with Gasteiger partial charge in [-0.1, -0.05) is 0 Å². The Kier molecular flexibility index (Phi) is 2.86. The predicted octanol–water partition coefficient (Wildman–Crippen LogP) is 1.78. The van der Waals surface area contributed by atoms with Gasteiger partial charge in [0.25, 0.3) is 0 Å². The molecule has 0 aliphatic carbocycles. The summed E-state index contributed by atoms with van der Waals surface area (Å²) in [5.74, 6) is -6.12. The maximum Gasteiger partial charge on any atom is 0.376 e. The van der Waals surface area contributed by atoms with Gasteiger partial charge in [0.05, 0.1) is 0 Å². The fourth-order valence-corrected chi connectivity index (χ4v) is 1.85. The molecule has 0 bridgehead atoms. The number of carboxylic acid groups (broad SMARTS) is 1. The summed E-state index contributed by atoms with van der Waals surface area (Å²) in [6.45, 7) is 1.74. The van der Waals surface area contributed by atoms with Crippen LogP contribution in [0, 0.1) is 6.92 Å². The van der Waals surface area contributed by atoms with Crippen molar-refractivity contribution in [1.82, 2.24) is 0 Å². The minimum atomic E-state index is -3.92. The zero-order chi connectivity index (χ0) is 10.9. The Bertz CT molecular complexity index is 351. The molecule has 1 aromatic heterocycles. The van der Waals surface area contributed by atoms with Crippen molar-refractivity contribution in [2.24, 2.45) is 5.73 Å². The predicted molar refractivity (Wildman–Crippen MR) is 48.6 cm³/mol. The molecule has 0 aliphatic rings. The first kappa shape index (κ1) is 11.1. The van der Waals surface area contributed by atoms with Crippen molar-refractivity contribution >= 4 is 17.3 Å². The van der Waals surface area contributed by atoms with Crippen molar-refractivity contribution in [3.63, 3.8) is 0 Å². The van der Waals surface area contributed by atoms with Crippen LogP contribution in [-0.2, 0) is 4.79 Å². The van der Waals surface area contributed by atoms with Gasteiger partial charge in [0.1, 0.15) is 6.04 Å². The molecule has 0 spiro atoms. The molecule has 1 aromatic rings. The number of carboxylic acids is 1. The highest BCUT2D eigenvalue weighted by Gasteiger charge is 2.46. The molecule has 0 radical (unpaired) electrons. The maximum atomic E-state index is 12.9. The van der Waals surface area contributed by atoms with Crippen LogP contribution in [-0.4, -0.2) is 17.0 Å². The van der Waals surface area contributed by atoms with Crippen LogP contribution in [0.25, 0.3) is 0 Å². The summed E-state index contributed by atoms with van der Waals surface area (Å²) in [7, 11) is 0. The van der Waals surface area contributed by atoms with Crippen LogP contribution in [0.1, 0.15) is 15.8 Å². The van der Waals surface area contributed by atoms with Crippen LogP contribution in [0.15, 0.2) is 12.1 Å². The first-order valence-electron chi connectivity index (χ1n) is 3.79. The Morgan fingerprint density at radius 3 is 2.57 bits per heavy atom. The van der Waals surface area contributed by atoms with Crippen molar-refractivity contribution < 1.29 is 18.7 Å². The van der Waals surface area contributed by atoms with E-state index < -0.39 is 17.9 Å². The lowest BCUT2D eigenvalue weighted by atomic mass is 10.1. The Morgan fingerprint density at radius 1 is 1.64 bits per heavy atom. The van der Waals surface area contributed by atoms with Crippen molar-refractivity contribution in [2.45, 2.75) is 18.9 Å². The Balaban J connectivity index is 2.95. The van der Waals surface area contributed by atoms with E-state index in [4.69, 9.17) is 10.8 Å². The van der Waals surface area contributed by atoms with Gasteiger partial charge in [-0.25, -0.2) is 4.79 Å². The molecular weight excluding hydrogens is 212 g/mol. The molecule has 0 saturated carbocycles. The number of aliphatic carboxylic acids is 1. The summed E-state index contributed by atoms with van der Waals surface area (Å²) < 4.78 is 25.8. The molecule has 0 aromatic carbocycles. The molecule has 0 fully saturated rings. The zero-order valence-corrected chi connectivity index (χ0v) is 8.15. The highest BCUT2D eigenvalue weighted by atomic mass is 32.1. The second-order valence-corrected chi connectivity index (χ2v) is 4.17. The standard InChI is InChI=1S/C8H9F2NO2S/c1-4-2-3-5(14-4)6(11)8(9,10)7(12)13/h2-3,6H,11H2,1H3,(H,12,13)/t6-/m0/s1. The molecule has 78 valence electrons. The summed E-state index contributed by atoms with van der Waals surface area (Å²) in [6.07, 6.45) is 0. The van der Waals surface area contributed by atoms with Gasteiger partial charge >= 0.3 is 11.9 Å². The number of hydrogen-bond donors (Lipinski definition) is 2. The van der Waals surface area contributed by atoms with Gasteiger partial charge in [0, 0.05) is 9.75 Å². The van der Waals surface area contributed by atoms with Crippen LogP contribution in [0.3, 0.4) is 0 Å². The average Bonchev–Trinajstić information content (AvgIpc) is 2.50. The molecule has 0 aliphatic heterocycles. The molecule has 1 rings (SSSR count). The van der Waals surface area contributed by atoms with Gasteiger partial charge in [0.2, 0.25) is 0 Å². The lowest BCUT2D eigenvalue weighted by Gasteiger charge is -2.17. The van der Waals surface area contributed by atoms with Gasteiger partial charge in [0.15, 0.2) is 0 Å². The topological polar surface area (TPSA) is 63.3 Å². The van der Waals surface area contributed by atoms with Gasteiger partial charge in [-0.2, -0.15) is 8.78 Å². The number of rotatable bonds is 3. The van der Waals surface area contributed by atoms with E-state index in [1.54, 1.807) is 13.0 Å². The second-order valence-electron chi connectivity index (χ2n) is 2.85. The fourth-order valence-electron chi connectivity index (χ4n) is 0.932. The first-order valence-corrected chi connectivity index (χ1v) is 4.60. The van der Waals surface area contributed by atoms with E-state index >= 15 is 0 Å². The Morgan fingerprint density at radius 2 is 2.21 bits per heavy atom. The van der Waals surface area contributed by atoms with E-state index in [0.717, 1.165) is 16.2 Å². The van der Waals surface area contributed by atoms with Crippen molar-refractivity contribution in [3.8, 4) is 0 Å². The summed E-state index contributed by atoms with van der Waals surface area (Å²) in [4.78, 5) is 11.2. The zero-order valence-electron chi connectivity index (χ0n) is 7.33. The Hall–Kier alpha value is -1.01. The van der Waals surface area contributed by atoms with Crippen LogP contribution in [0.2, 0.25) is 0 Å². The van der Waals surface area contributed by atoms with Crippen LogP contribution < -0.4 is 5.73 Å². The molecular formula is C8H9F2NO2S. The third kappa shape index (κ3) is 1.91. The molecule has 1 heterocycles. The highest BCUT2D eigenvalue weighted by molar-refractivity contribution is 7.12. The minimum Gasteiger partial charge on any atom is -0.477 e. The molecule has 3 nitrogen and oxygen atoms in total. The van der Waals surface area contributed by atoms with Crippen LogP contribution in [0.5, 0.6) is 0 Å². The number of alkyl halides is 2. The average molecular weight is 221 g/mol. The number of carbonyl (C=O) groups is 1. The smallest absolute Gasteiger partial charge is 0.376 e.